The van der Waals surface area contributed by atoms with Crippen molar-refractivity contribution in [2.24, 2.45) is 0 Å². The minimum atomic E-state index is 0.544. The molecule has 0 saturated heterocycles. The van der Waals surface area contributed by atoms with Crippen molar-refractivity contribution in [1.82, 2.24) is 0 Å². The average Bonchev–Trinajstić information content (AvgIpc) is 2.74. The van der Waals surface area contributed by atoms with Crippen LogP contribution in [-0.2, 0) is 22.7 Å². The lowest BCUT2D eigenvalue weighted by Gasteiger charge is -1.98. The van der Waals surface area contributed by atoms with Crippen LogP contribution in [0.4, 0.5) is 0 Å². The van der Waals surface area contributed by atoms with Gasteiger partial charge in [-0.3, -0.25) is 0 Å². The lowest BCUT2D eigenvalue weighted by molar-refractivity contribution is 0.100. The maximum absolute atomic E-state index is 5.44. The molecule has 0 aliphatic carbocycles. The zero-order chi connectivity index (χ0) is 11.5. The second-order valence-corrected chi connectivity index (χ2v) is 2.64. The zero-order valence-corrected chi connectivity index (χ0v) is 10.2. The Morgan fingerprint density at radius 1 is 0.933 bits per heavy atom. The molecule has 0 amide bonds. The number of hydrogen-bond donors (Lipinski definition) is 0. The molecule has 0 aliphatic rings. The third-order valence-corrected chi connectivity index (χ3v) is 1.61. The van der Waals surface area contributed by atoms with Gasteiger partial charge in [-0.2, -0.15) is 0 Å². The summed E-state index contributed by atoms with van der Waals surface area (Å²) in [6, 6.07) is 3.84. The Labute approximate surface area is 92.4 Å². The molecule has 0 spiro atoms. The minimum Gasteiger partial charge on any atom is -0.461 e. The van der Waals surface area contributed by atoms with Crippen LogP contribution in [0.2, 0.25) is 0 Å². The van der Waals surface area contributed by atoms with E-state index in [2.05, 4.69) is 0 Å². The van der Waals surface area contributed by atoms with Crippen molar-refractivity contribution >= 4 is 0 Å². The first kappa shape index (κ1) is 14.2. The van der Waals surface area contributed by atoms with Gasteiger partial charge in [-0.25, -0.2) is 0 Å². The van der Waals surface area contributed by atoms with E-state index in [-0.39, 0.29) is 0 Å². The van der Waals surface area contributed by atoms with E-state index in [9.17, 15) is 0 Å². The number of rotatable bonds is 6. The Hall–Kier alpha value is -0.800. The molecule has 0 radical (unpaired) electrons. The van der Waals surface area contributed by atoms with Crippen molar-refractivity contribution in [1.29, 1.82) is 0 Å². The van der Waals surface area contributed by atoms with Crippen LogP contribution in [-0.4, -0.2) is 13.2 Å². The van der Waals surface area contributed by atoms with E-state index in [1.54, 1.807) is 0 Å². The van der Waals surface area contributed by atoms with E-state index in [1.807, 2.05) is 39.8 Å². The monoisotopic (exact) mass is 214 g/mol. The van der Waals surface area contributed by atoms with Crippen molar-refractivity contribution in [3.63, 3.8) is 0 Å². The fraction of sp³-hybridized carbons (Fsp3) is 0.667. The molecule has 3 heteroatoms. The summed E-state index contributed by atoms with van der Waals surface area (Å²) in [6.45, 7) is 10.4. The molecule has 0 N–H and O–H groups in total. The average molecular weight is 214 g/mol. The van der Waals surface area contributed by atoms with Gasteiger partial charge in [-0.05, 0) is 26.0 Å². The van der Waals surface area contributed by atoms with Gasteiger partial charge in [0.1, 0.15) is 24.7 Å². The van der Waals surface area contributed by atoms with Crippen LogP contribution in [0.1, 0.15) is 39.2 Å². The summed E-state index contributed by atoms with van der Waals surface area (Å²) in [7, 11) is 0. The number of ether oxygens (including phenoxy) is 2. The molecular weight excluding hydrogens is 192 g/mol. The molecule has 0 unspecified atom stereocenters. The van der Waals surface area contributed by atoms with Gasteiger partial charge in [0.2, 0.25) is 0 Å². The Morgan fingerprint density at radius 2 is 1.33 bits per heavy atom. The number of hydrogen-bond acceptors (Lipinski definition) is 3. The van der Waals surface area contributed by atoms with E-state index in [0.717, 1.165) is 11.5 Å². The molecule has 1 heterocycles. The molecule has 15 heavy (non-hydrogen) atoms. The Kier molecular flexibility index (Phi) is 9.22. The summed E-state index contributed by atoms with van der Waals surface area (Å²) in [4.78, 5) is 0. The van der Waals surface area contributed by atoms with Crippen LogP contribution in [0.15, 0.2) is 16.5 Å². The van der Waals surface area contributed by atoms with Gasteiger partial charge in [-0.1, -0.05) is 13.8 Å². The van der Waals surface area contributed by atoms with E-state index >= 15 is 0 Å². The van der Waals surface area contributed by atoms with Crippen molar-refractivity contribution < 1.29 is 13.9 Å². The Morgan fingerprint density at radius 3 is 1.67 bits per heavy atom. The lowest BCUT2D eigenvalue weighted by atomic mass is 10.4. The van der Waals surface area contributed by atoms with Crippen LogP contribution < -0.4 is 0 Å². The van der Waals surface area contributed by atoms with Crippen molar-refractivity contribution in [2.75, 3.05) is 13.2 Å². The summed E-state index contributed by atoms with van der Waals surface area (Å²) in [5.74, 6) is 1.72. The standard InChI is InChI=1S/C10H16O3.C2H6/c1-3-11-7-9-5-6-10(13-9)8-12-4-2;1-2/h5-6H,3-4,7-8H2,1-2H3;1-2H3. The van der Waals surface area contributed by atoms with Gasteiger partial charge in [0, 0.05) is 13.2 Å². The highest BCUT2D eigenvalue weighted by molar-refractivity contribution is 5.05. The number of furan rings is 1. The van der Waals surface area contributed by atoms with Gasteiger partial charge in [0.05, 0.1) is 0 Å². The molecule has 1 rings (SSSR count). The van der Waals surface area contributed by atoms with Crippen LogP contribution in [0, 0.1) is 0 Å². The van der Waals surface area contributed by atoms with Gasteiger partial charge >= 0.3 is 0 Å². The molecule has 0 fully saturated rings. The summed E-state index contributed by atoms with van der Waals surface area (Å²) >= 11 is 0. The molecule has 0 atom stereocenters. The normalized spacial score (nSPS) is 9.60. The predicted octanol–water partition coefficient (Wildman–Crippen LogP) is 3.38. The molecule has 1 aromatic rings. The van der Waals surface area contributed by atoms with Gasteiger partial charge in [-0.15, -0.1) is 0 Å². The van der Waals surface area contributed by atoms with Crippen LogP contribution >= 0.6 is 0 Å². The summed E-state index contributed by atoms with van der Waals surface area (Å²) < 4.78 is 15.8. The highest BCUT2D eigenvalue weighted by Gasteiger charge is 2.00. The lowest BCUT2D eigenvalue weighted by Crippen LogP contribution is -1.90. The zero-order valence-electron chi connectivity index (χ0n) is 10.2. The third-order valence-electron chi connectivity index (χ3n) is 1.61. The van der Waals surface area contributed by atoms with Crippen LogP contribution in [0.3, 0.4) is 0 Å². The summed E-state index contributed by atoms with van der Waals surface area (Å²) in [5, 5.41) is 0. The topological polar surface area (TPSA) is 31.6 Å². The largest absolute Gasteiger partial charge is 0.461 e. The van der Waals surface area contributed by atoms with E-state index in [4.69, 9.17) is 13.9 Å². The maximum atomic E-state index is 5.44. The molecular formula is C12H22O3. The minimum absolute atomic E-state index is 0.544. The maximum Gasteiger partial charge on any atom is 0.129 e. The van der Waals surface area contributed by atoms with Crippen molar-refractivity contribution in [3.8, 4) is 0 Å². The molecule has 1 aromatic heterocycles. The first-order valence-electron chi connectivity index (χ1n) is 5.59. The first-order valence-corrected chi connectivity index (χ1v) is 5.59. The quantitative estimate of drug-likeness (QED) is 0.727. The molecule has 0 bridgehead atoms. The summed E-state index contributed by atoms with van der Waals surface area (Å²) in [5.41, 5.74) is 0. The van der Waals surface area contributed by atoms with Gasteiger partial charge < -0.3 is 13.9 Å². The van der Waals surface area contributed by atoms with Crippen LogP contribution in [0.25, 0.3) is 0 Å². The second-order valence-electron chi connectivity index (χ2n) is 2.64. The highest BCUT2D eigenvalue weighted by Crippen LogP contribution is 2.09. The summed E-state index contributed by atoms with van der Waals surface area (Å²) in [6.07, 6.45) is 0. The van der Waals surface area contributed by atoms with E-state index in [0.29, 0.717) is 26.4 Å². The van der Waals surface area contributed by atoms with Crippen molar-refractivity contribution in [3.05, 3.63) is 23.7 Å². The fourth-order valence-electron chi connectivity index (χ4n) is 0.983. The molecule has 0 saturated carbocycles. The SMILES string of the molecule is CC.CCOCc1ccc(COCC)o1. The first-order chi connectivity index (χ1) is 7.36. The van der Waals surface area contributed by atoms with Crippen LogP contribution in [0.5, 0.6) is 0 Å². The molecule has 3 nitrogen and oxygen atoms in total. The van der Waals surface area contributed by atoms with E-state index in [1.165, 1.54) is 0 Å². The Balaban J connectivity index is 0.000000921. The second kappa shape index (κ2) is 9.74. The smallest absolute Gasteiger partial charge is 0.129 e. The van der Waals surface area contributed by atoms with Gasteiger partial charge in [0.15, 0.2) is 0 Å². The van der Waals surface area contributed by atoms with Crippen molar-refractivity contribution in [2.45, 2.75) is 40.9 Å². The molecule has 0 aromatic carbocycles. The molecule has 88 valence electrons. The predicted molar refractivity (Wildman–Crippen MR) is 60.7 cm³/mol. The van der Waals surface area contributed by atoms with Gasteiger partial charge in [0.25, 0.3) is 0 Å². The van der Waals surface area contributed by atoms with E-state index < -0.39 is 0 Å². The molecule has 0 aliphatic heterocycles. The third kappa shape index (κ3) is 6.31. The fourth-order valence-corrected chi connectivity index (χ4v) is 0.983. The highest BCUT2D eigenvalue weighted by atomic mass is 16.5. The Bertz CT molecular complexity index is 208.